The van der Waals surface area contributed by atoms with Crippen LogP contribution in [0.15, 0.2) is 36.5 Å². The second-order valence-electron chi connectivity index (χ2n) is 19.9. The normalized spacial score (nSPS) is 12.2. The molecule has 0 spiro atoms. The van der Waals surface area contributed by atoms with Crippen LogP contribution in [0.1, 0.15) is 316 Å². The van der Waals surface area contributed by atoms with Crippen molar-refractivity contribution in [3.8, 4) is 0 Å². The number of carbonyl (C=O) groups is 3. The molecule has 67 heavy (non-hydrogen) atoms. The van der Waals surface area contributed by atoms with Crippen LogP contribution in [0.25, 0.3) is 0 Å². The maximum Gasteiger partial charge on any atom is 0.306 e. The Morgan fingerprint density at radius 2 is 0.493 bits per heavy atom. The van der Waals surface area contributed by atoms with Crippen molar-refractivity contribution in [2.75, 3.05) is 13.2 Å². The third-order valence-electron chi connectivity index (χ3n) is 13.1. The zero-order chi connectivity index (χ0) is 48.6. The Morgan fingerprint density at radius 3 is 0.746 bits per heavy atom. The third kappa shape index (κ3) is 54.4. The van der Waals surface area contributed by atoms with Gasteiger partial charge in [-0.1, -0.05) is 237 Å². The summed E-state index contributed by atoms with van der Waals surface area (Å²) in [4.78, 5) is 38.2. The molecule has 0 saturated heterocycles. The number of rotatable bonds is 54. The highest BCUT2D eigenvalue weighted by molar-refractivity contribution is 5.71. The Hall–Kier alpha value is -2.37. The molecular weight excluding hydrogens is 829 g/mol. The number of unbranched alkanes of at least 4 members (excludes halogenated alkanes) is 37. The summed E-state index contributed by atoms with van der Waals surface area (Å²) in [6, 6.07) is 0. The van der Waals surface area contributed by atoms with Crippen molar-refractivity contribution in [2.24, 2.45) is 0 Å². The smallest absolute Gasteiger partial charge is 0.306 e. The maximum atomic E-state index is 12.9. The summed E-state index contributed by atoms with van der Waals surface area (Å²) in [5.41, 5.74) is 0. The number of hydrogen-bond acceptors (Lipinski definition) is 6. The van der Waals surface area contributed by atoms with Gasteiger partial charge >= 0.3 is 17.9 Å². The fourth-order valence-corrected chi connectivity index (χ4v) is 8.60. The minimum absolute atomic E-state index is 0.0781. The highest BCUT2D eigenvalue weighted by atomic mass is 16.6. The second kappa shape index (κ2) is 56.2. The largest absolute Gasteiger partial charge is 0.462 e. The zero-order valence-electron chi connectivity index (χ0n) is 44.9. The van der Waals surface area contributed by atoms with E-state index in [1.807, 2.05) is 0 Å². The lowest BCUT2D eigenvalue weighted by Crippen LogP contribution is -2.30. The summed E-state index contributed by atoms with van der Waals surface area (Å²) >= 11 is 0. The Balaban J connectivity index is 4.38. The molecule has 0 aliphatic rings. The van der Waals surface area contributed by atoms with Crippen molar-refractivity contribution in [3.05, 3.63) is 36.5 Å². The van der Waals surface area contributed by atoms with Gasteiger partial charge in [-0.05, 0) is 96.3 Å². The lowest BCUT2D eigenvalue weighted by atomic mass is 10.1. The predicted octanol–water partition coefficient (Wildman–Crippen LogP) is 19.7. The molecule has 0 bridgehead atoms. The van der Waals surface area contributed by atoms with E-state index in [1.54, 1.807) is 0 Å². The Bertz CT molecular complexity index is 1130. The van der Waals surface area contributed by atoms with Gasteiger partial charge in [-0.3, -0.25) is 14.4 Å². The fraction of sp³-hybridized carbons (Fsp3) is 0.852. The SMILES string of the molecule is CCCCCCCC/C=C\CCCCCCCCCC(=O)OCC(COC(=O)CCCCCCC/C=C\CCCCCCCCC)OC(=O)CCCCCCC/C=C\CCCCCCCCC. The average molecular weight is 942 g/mol. The Morgan fingerprint density at radius 1 is 0.284 bits per heavy atom. The van der Waals surface area contributed by atoms with E-state index in [2.05, 4.69) is 57.2 Å². The van der Waals surface area contributed by atoms with Crippen molar-refractivity contribution < 1.29 is 28.6 Å². The highest BCUT2D eigenvalue weighted by Crippen LogP contribution is 2.16. The molecule has 0 heterocycles. The van der Waals surface area contributed by atoms with E-state index in [9.17, 15) is 14.4 Å². The van der Waals surface area contributed by atoms with Crippen LogP contribution >= 0.6 is 0 Å². The molecule has 0 N–H and O–H groups in total. The van der Waals surface area contributed by atoms with Crippen molar-refractivity contribution in [1.82, 2.24) is 0 Å². The van der Waals surface area contributed by atoms with Crippen LogP contribution in [0.2, 0.25) is 0 Å². The third-order valence-corrected chi connectivity index (χ3v) is 13.1. The number of allylic oxidation sites excluding steroid dienone is 6. The van der Waals surface area contributed by atoms with Gasteiger partial charge in [0.05, 0.1) is 0 Å². The summed E-state index contributed by atoms with van der Waals surface area (Å²) in [6.07, 6.45) is 67.0. The van der Waals surface area contributed by atoms with Gasteiger partial charge in [0.1, 0.15) is 13.2 Å². The molecule has 0 aromatic carbocycles. The maximum absolute atomic E-state index is 12.9. The summed E-state index contributed by atoms with van der Waals surface area (Å²) in [6.45, 7) is 6.65. The van der Waals surface area contributed by atoms with E-state index < -0.39 is 6.10 Å². The monoisotopic (exact) mass is 941 g/mol. The molecule has 0 aliphatic heterocycles. The van der Waals surface area contributed by atoms with Gasteiger partial charge in [0.2, 0.25) is 0 Å². The number of carbonyl (C=O) groups excluding carboxylic acids is 3. The first kappa shape index (κ1) is 64.6. The van der Waals surface area contributed by atoms with Crippen molar-refractivity contribution in [2.45, 2.75) is 322 Å². The summed E-state index contributed by atoms with van der Waals surface area (Å²) in [7, 11) is 0. The number of ether oxygens (including phenoxy) is 3. The molecule has 0 amide bonds. The van der Waals surface area contributed by atoms with Gasteiger partial charge in [-0.15, -0.1) is 0 Å². The zero-order valence-corrected chi connectivity index (χ0v) is 44.9. The first-order chi connectivity index (χ1) is 33.0. The highest BCUT2D eigenvalue weighted by Gasteiger charge is 2.19. The number of esters is 3. The van der Waals surface area contributed by atoms with Gasteiger partial charge < -0.3 is 14.2 Å². The minimum Gasteiger partial charge on any atom is -0.462 e. The van der Waals surface area contributed by atoms with E-state index in [0.29, 0.717) is 19.3 Å². The van der Waals surface area contributed by atoms with Crippen LogP contribution < -0.4 is 0 Å². The van der Waals surface area contributed by atoms with E-state index in [1.165, 1.54) is 205 Å². The van der Waals surface area contributed by atoms with Crippen LogP contribution in [0.4, 0.5) is 0 Å². The van der Waals surface area contributed by atoms with Crippen molar-refractivity contribution >= 4 is 17.9 Å². The van der Waals surface area contributed by atoms with Crippen molar-refractivity contribution in [3.63, 3.8) is 0 Å². The standard InChI is InChI=1S/C61H112O6/c1-4-7-10-13-16-19-22-25-28-31-34-36-39-42-45-48-51-54-60(63)66-57-58(67-61(64)55-52-49-46-43-40-37-33-30-27-24-21-18-15-12-9-6-3)56-65-59(62)53-50-47-44-41-38-35-32-29-26-23-20-17-14-11-8-5-2/h25,28-30,32-33,58H,4-24,26-27,31,34-57H2,1-3H3/b28-25-,32-29-,33-30-. The molecule has 392 valence electrons. The topological polar surface area (TPSA) is 78.9 Å². The van der Waals surface area contributed by atoms with Crippen LogP contribution in [0.3, 0.4) is 0 Å². The molecule has 0 aromatic rings. The molecule has 0 aliphatic carbocycles. The van der Waals surface area contributed by atoms with Crippen LogP contribution in [-0.4, -0.2) is 37.2 Å². The lowest BCUT2D eigenvalue weighted by Gasteiger charge is -2.18. The molecule has 6 nitrogen and oxygen atoms in total. The van der Waals surface area contributed by atoms with Gasteiger partial charge in [0, 0.05) is 19.3 Å². The number of hydrogen-bond donors (Lipinski definition) is 0. The van der Waals surface area contributed by atoms with E-state index in [0.717, 1.165) is 70.6 Å². The van der Waals surface area contributed by atoms with Crippen LogP contribution in [-0.2, 0) is 28.6 Å². The fourth-order valence-electron chi connectivity index (χ4n) is 8.60. The molecule has 0 rings (SSSR count). The lowest BCUT2D eigenvalue weighted by molar-refractivity contribution is -0.167. The van der Waals surface area contributed by atoms with E-state index in [-0.39, 0.29) is 31.1 Å². The van der Waals surface area contributed by atoms with E-state index in [4.69, 9.17) is 14.2 Å². The van der Waals surface area contributed by atoms with Gasteiger partial charge in [-0.2, -0.15) is 0 Å². The van der Waals surface area contributed by atoms with E-state index >= 15 is 0 Å². The molecular formula is C61H112O6. The molecule has 1 atom stereocenters. The Kier molecular flexibility index (Phi) is 54.2. The van der Waals surface area contributed by atoms with Gasteiger partial charge in [-0.25, -0.2) is 0 Å². The van der Waals surface area contributed by atoms with Gasteiger partial charge in [0.25, 0.3) is 0 Å². The molecule has 0 aromatic heterocycles. The van der Waals surface area contributed by atoms with Crippen LogP contribution in [0, 0.1) is 0 Å². The first-order valence-corrected chi connectivity index (χ1v) is 29.5. The molecule has 0 radical (unpaired) electrons. The quantitative estimate of drug-likeness (QED) is 0.0262. The molecule has 0 fully saturated rings. The Labute approximate surface area is 416 Å². The minimum atomic E-state index is -0.780. The molecule has 1 unspecified atom stereocenters. The summed E-state index contributed by atoms with van der Waals surface area (Å²) < 4.78 is 16.9. The van der Waals surface area contributed by atoms with Crippen molar-refractivity contribution in [1.29, 1.82) is 0 Å². The predicted molar refractivity (Wildman–Crippen MR) is 289 cm³/mol. The average Bonchev–Trinajstić information content (AvgIpc) is 3.33. The van der Waals surface area contributed by atoms with Crippen LogP contribution in [0.5, 0.6) is 0 Å². The van der Waals surface area contributed by atoms with Gasteiger partial charge in [0.15, 0.2) is 6.10 Å². The second-order valence-corrected chi connectivity index (χ2v) is 19.9. The molecule has 6 heteroatoms. The molecule has 0 saturated carbocycles. The summed E-state index contributed by atoms with van der Waals surface area (Å²) in [5, 5.41) is 0. The first-order valence-electron chi connectivity index (χ1n) is 29.5. The summed E-state index contributed by atoms with van der Waals surface area (Å²) in [5.74, 6) is -0.882.